The Labute approximate surface area is 116 Å². The summed E-state index contributed by atoms with van der Waals surface area (Å²) in [6.45, 7) is 6.16. The molecule has 3 rings (SSSR count). The molecule has 1 saturated carbocycles. The van der Waals surface area contributed by atoms with Crippen molar-refractivity contribution >= 4 is 12.4 Å². The number of piperidine rings is 1. The maximum Gasteiger partial charge on any atom is 0.0521 e. The molecule has 2 saturated heterocycles. The van der Waals surface area contributed by atoms with Crippen LogP contribution in [-0.4, -0.2) is 39.5 Å². The fraction of sp³-hybridized carbons (Fsp3) is 1.00. The number of halogens is 1. The summed E-state index contributed by atoms with van der Waals surface area (Å²) < 4.78 is 11.6. The van der Waals surface area contributed by atoms with Crippen LogP contribution in [0.25, 0.3) is 0 Å². The summed E-state index contributed by atoms with van der Waals surface area (Å²) in [6.07, 6.45) is 6.64. The topological polar surface area (TPSA) is 30.5 Å². The van der Waals surface area contributed by atoms with Crippen molar-refractivity contribution in [2.75, 3.05) is 39.5 Å². The third kappa shape index (κ3) is 3.38. The van der Waals surface area contributed by atoms with Gasteiger partial charge in [-0.3, -0.25) is 0 Å². The van der Waals surface area contributed by atoms with E-state index in [1.807, 2.05) is 0 Å². The van der Waals surface area contributed by atoms with Gasteiger partial charge in [0, 0.05) is 19.1 Å². The molecular weight excluding hydrogens is 250 g/mol. The Hall–Kier alpha value is 0.170. The zero-order valence-electron chi connectivity index (χ0n) is 11.2. The van der Waals surface area contributed by atoms with Crippen LogP contribution in [0.3, 0.4) is 0 Å². The lowest BCUT2D eigenvalue weighted by Crippen LogP contribution is -2.48. The number of hydrogen-bond acceptors (Lipinski definition) is 3. The van der Waals surface area contributed by atoms with E-state index in [4.69, 9.17) is 9.47 Å². The largest absolute Gasteiger partial charge is 0.381 e. The molecule has 2 heterocycles. The van der Waals surface area contributed by atoms with Gasteiger partial charge in [0.1, 0.15) is 0 Å². The minimum atomic E-state index is 0. The molecule has 0 amide bonds. The smallest absolute Gasteiger partial charge is 0.0521 e. The first kappa shape index (κ1) is 14.6. The van der Waals surface area contributed by atoms with Crippen LogP contribution in [0.4, 0.5) is 0 Å². The quantitative estimate of drug-likeness (QED) is 0.854. The SMILES string of the molecule is C1CC2(CCN1)CCOCC2COCC1CC1.Cl. The van der Waals surface area contributed by atoms with E-state index in [1.54, 1.807) is 0 Å². The second-order valence-corrected chi connectivity index (χ2v) is 6.12. The zero-order valence-corrected chi connectivity index (χ0v) is 12.0. The molecule has 1 aliphatic carbocycles. The van der Waals surface area contributed by atoms with Crippen LogP contribution in [0.2, 0.25) is 0 Å². The molecule has 0 aromatic heterocycles. The van der Waals surface area contributed by atoms with Gasteiger partial charge in [-0.15, -0.1) is 12.4 Å². The molecule has 0 radical (unpaired) electrons. The Morgan fingerprint density at radius 2 is 1.89 bits per heavy atom. The lowest BCUT2D eigenvalue weighted by atomic mass is 9.66. The minimum absolute atomic E-state index is 0. The molecule has 3 fully saturated rings. The molecule has 0 aromatic rings. The van der Waals surface area contributed by atoms with E-state index in [0.29, 0.717) is 11.3 Å². The van der Waals surface area contributed by atoms with Gasteiger partial charge < -0.3 is 14.8 Å². The highest BCUT2D eigenvalue weighted by molar-refractivity contribution is 5.85. The van der Waals surface area contributed by atoms with Gasteiger partial charge in [0.05, 0.1) is 13.2 Å². The predicted octanol–water partition coefficient (Wildman–Crippen LogP) is 2.24. The van der Waals surface area contributed by atoms with Gasteiger partial charge in [-0.2, -0.15) is 0 Å². The highest BCUT2D eigenvalue weighted by atomic mass is 35.5. The molecule has 3 aliphatic rings. The van der Waals surface area contributed by atoms with Crippen LogP contribution >= 0.6 is 12.4 Å². The predicted molar refractivity (Wildman–Crippen MR) is 74.3 cm³/mol. The molecule has 1 spiro atoms. The minimum Gasteiger partial charge on any atom is -0.381 e. The third-order valence-electron chi connectivity index (χ3n) is 4.90. The summed E-state index contributed by atoms with van der Waals surface area (Å²) in [5.41, 5.74) is 0.521. The van der Waals surface area contributed by atoms with Gasteiger partial charge >= 0.3 is 0 Å². The van der Waals surface area contributed by atoms with Crippen molar-refractivity contribution in [2.45, 2.75) is 32.1 Å². The van der Waals surface area contributed by atoms with Crippen LogP contribution in [0, 0.1) is 17.3 Å². The van der Waals surface area contributed by atoms with Gasteiger partial charge in [-0.1, -0.05) is 0 Å². The Morgan fingerprint density at radius 3 is 2.61 bits per heavy atom. The van der Waals surface area contributed by atoms with Crippen molar-refractivity contribution in [1.82, 2.24) is 5.32 Å². The molecule has 2 aliphatic heterocycles. The summed E-state index contributed by atoms with van der Waals surface area (Å²) in [5, 5.41) is 3.48. The number of nitrogens with one attached hydrogen (secondary N) is 1. The maximum absolute atomic E-state index is 5.92. The number of rotatable bonds is 4. The van der Waals surface area contributed by atoms with E-state index in [1.165, 1.54) is 45.2 Å². The van der Waals surface area contributed by atoms with E-state index in [0.717, 1.165) is 32.3 Å². The normalized spacial score (nSPS) is 31.0. The van der Waals surface area contributed by atoms with E-state index >= 15 is 0 Å². The first-order valence-electron chi connectivity index (χ1n) is 7.25. The van der Waals surface area contributed by atoms with Crippen LogP contribution in [0.5, 0.6) is 0 Å². The van der Waals surface area contributed by atoms with Crippen molar-refractivity contribution in [3.63, 3.8) is 0 Å². The third-order valence-corrected chi connectivity index (χ3v) is 4.90. The van der Waals surface area contributed by atoms with Crippen LogP contribution in [0.15, 0.2) is 0 Å². The van der Waals surface area contributed by atoms with Crippen molar-refractivity contribution in [3.8, 4) is 0 Å². The van der Waals surface area contributed by atoms with Crippen molar-refractivity contribution in [2.24, 2.45) is 17.3 Å². The average Bonchev–Trinajstić information content (AvgIpc) is 3.17. The Balaban J connectivity index is 0.00000120. The zero-order chi connectivity index (χ0) is 11.6. The molecule has 18 heavy (non-hydrogen) atoms. The summed E-state index contributed by atoms with van der Waals surface area (Å²) in [4.78, 5) is 0. The van der Waals surface area contributed by atoms with E-state index < -0.39 is 0 Å². The van der Waals surface area contributed by atoms with Gasteiger partial charge in [0.2, 0.25) is 0 Å². The van der Waals surface area contributed by atoms with E-state index in [9.17, 15) is 0 Å². The summed E-state index contributed by atoms with van der Waals surface area (Å²) in [5.74, 6) is 1.51. The number of hydrogen-bond donors (Lipinski definition) is 1. The van der Waals surface area contributed by atoms with Crippen molar-refractivity contribution < 1.29 is 9.47 Å². The molecule has 0 bridgehead atoms. The van der Waals surface area contributed by atoms with E-state index in [2.05, 4.69) is 5.32 Å². The molecular formula is C14H26ClNO2. The summed E-state index contributed by atoms with van der Waals surface area (Å²) >= 11 is 0. The Morgan fingerprint density at radius 1 is 1.11 bits per heavy atom. The van der Waals surface area contributed by atoms with Crippen LogP contribution in [0.1, 0.15) is 32.1 Å². The van der Waals surface area contributed by atoms with Crippen molar-refractivity contribution in [3.05, 3.63) is 0 Å². The summed E-state index contributed by atoms with van der Waals surface area (Å²) in [7, 11) is 0. The molecule has 1 N–H and O–H groups in total. The average molecular weight is 276 g/mol. The van der Waals surface area contributed by atoms with Gasteiger partial charge in [-0.05, 0) is 56.5 Å². The Kier molecular flexibility index (Phi) is 5.31. The molecule has 0 aromatic carbocycles. The molecule has 4 heteroatoms. The highest BCUT2D eigenvalue weighted by Gasteiger charge is 2.42. The second kappa shape index (κ2) is 6.56. The fourth-order valence-electron chi connectivity index (χ4n) is 3.35. The molecule has 1 atom stereocenters. The van der Waals surface area contributed by atoms with E-state index in [-0.39, 0.29) is 12.4 Å². The molecule has 3 nitrogen and oxygen atoms in total. The lowest BCUT2D eigenvalue weighted by molar-refractivity contribution is -0.0892. The van der Waals surface area contributed by atoms with Crippen molar-refractivity contribution in [1.29, 1.82) is 0 Å². The van der Waals surface area contributed by atoms with Gasteiger partial charge in [0.15, 0.2) is 0 Å². The van der Waals surface area contributed by atoms with Crippen LogP contribution in [-0.2, 0) is 9.47 Å². The molecule has 106 valence electrons. The second-order valence-electron chi connectivity index (χ2n) is 6.12. The fourth-order valence-corrected chi connectivity index (χ4v) is 3.35. The maximum atomic E-state index is 5.92. The summed E-state index contributed by atoms with van der Waals surface area (Å²) in [6, 6.07) is 0. The van der Waals surface area contributed by atoms with Gasteiger partial charge in [0.25, 0.3) is 0 Å². The first-order chi connectivity index (χ1) is 8.39. The number of ether oxygens (including phenoxy) is 2. The lowest BCUT2D eigenvalue weighted by Gasteiger charge is -2.46. The first-order valence-corrected chi connectivity index (χ1v) is 7.25. The van der Waals surface area contributed by atoms with Gasteiger partial charge in [-0.25, -0.2) is 0 Å². The highest BCUT2D eigenvalue weighted by Crippen LogP contribution is 2.43. The Bertz CT molecular complexity index is 244. The molecule has 1 unspecified atom stereocenters. The monoisotopic (exact) mass is 275 g/mol. The standard InChI is InChI=1S/C14H25NO2.ClH/c1-2-12(1)9-17-11-13-10-16-8-5-14(13)3-6-15-7-4-14;/h12-13,15H,1-11H2;1H. The van der Waals surface area contributed by atoms with Crippen LogP contribution < -0.4 is 5.32 Å².